The molecule has 0 saturated heterocycles. The lowest BCUT2D eigenvalue weighted by Crippen LogP contribution is -2.34. The highest BCUT2D eigenvalue weighted by Gasteiger charge is 2.23. The van der Waals surface area contributed by atoms with Crippen LogP contribution in [0.3, 0.4) is 0 Å². The average Bonchev–Trinajstić information content (AvgIpc) is 2.21. The van der Waals surface area contributed by atoms with E-state index >= 15 is 0 Å². The van der Waals surface area contributed by atoms with Gasteiger partial charge in [0.1, 0.15) is 11.3 Å². The molecule has 0 aliphatic carbocycles. The molecular weight excluding hydrogens is 240 g/mol. The van der Waals surface area contributed by atoms with Gasteiger partial charge in [0, 0.05) is 18.2 Å². The van der Waals surface area contributed by atoms with Gasteiger partial charge >= 0.3 is 0 Å². The zero-order chi connectivity index (χ0) is 12.6. The lowest BCUT2D eigenvalue weighted by Gasteiger charge is -2.29. The van der Waals surface area contributed by atoms with Gasteiger partial charge in [0.25, 0.3) is 5.56 Å². The fourth-order valence-electron chi connectivity index (χ4n) is 2.17. The van der Waals surface area contributed by atoms with Gasteiger partial charge in [-0.2, -0.15) is 0 Å². The predicted octanol–water partition coefficient (Wildman–Crippen LogP) is 1.87. The molecule has 1 aliphatic rings. The molecule has 0 radical (unpaired) electrons. The van der Waals surface area contributed by atoms with Crippen LogP contribution in [0.15, 0.2) is 28.7 Å². The number of pyridine rings is 1. The molecule has 92 valence electrons. The number of halogens is 1. The number of hydrogen-bond acceptors (Lipinski definition) is 3. The minimum absolute atomic E-state index is 0.00161. The Morgan fingerprint density at radius 1 is 1.47 bits per heavy atom. The van der Waals surface area contributed by atoms with Crippen molar-refractivity contribution in [3.05, 3.63) is 40.0 Å². The van der Waals surface area contributed by atoms with Gasteiger partial charge in [0.05, 0.1) is 6.04 Å². The number of rotatable bonds is 1. The lowest BCUT2D eigenvalue weighted by molar-refractivity contribution is 0.439. The highest BCUT2D eigenvalue weighted by Crippen LogP contribution is 2.27. The Labute approximate surface area is 105 Å². The minimum Gasteiger partial charge on any atom is -0.508 e. The summed E-state index contributed by atoms with van der Waals surface area (Å²) in [7, 11) is 0. The first-order chi connectivity index (χ1) is 7.99. The summed E-state index contributed by atoms with van der Waals surface area (Å²) in [5.74, 6) is 0.00161. The number of aryl methyl sites for hydroxylation is 1. The predicted molar refractivity (Wildman–Crippen MR) is 67.3 cm³/mol. The van der Waals surface area contributed by atoms with Crippen LogP contribution in [0.5, 0.6) is 5.75 Å². The topological polar surface area (TPSA) is 54.3 Å². The van der Waals surface area contributed by atoms with Crippen LogP contribution in [-0.2, 0) is 0 Å². The molecule has 0 aromatic carbocycles. The van der Waals surface area contributed by atoms with Gasteiger partial charge in [-0.25, -0.2) is 0 Å². The monoisotopic (exact) mass is 254 g/mol. The van der Waals surface area contributed by atoms with Crippen LogP contribution in [0.2, 0.25) is 0 Å². The Morgan fingerprint density at radius 3 is 2.82 bits per heavy atom. The van der Waals surface area contributed by atoms with E-state index in [1.165, 1.54) is 6.07 Å². The first-order valence-electron chi connectivity index (χ1n) is 5.48. The lowest BCUT2D eigenvalue weighted by atomic mass is 10.0. The van der Waals surface area contributed by atoms with Gasteiger partial charge < -0.3 is 15.0 Å². The van der Waals surface area contributed by atoms with Crippen molar-refractivity contribution in [1.29, 1.82) is 0 Å². The third kappa shape index (κ3) is 2.31. The molecule has 1 aromatic heterocycles. The van der Waals surface area contributed by atoms with Gasteiger partial charge in [-0.1, -0.05) is 11.6 Å². The molecule has 0 spiro atoms. The van der Waals surface area contributed by atoms with Gasteiger partial charge in [-0.15, -0.1) is 0 Å². The van der Waals surface area contributed by atoms with Crippen molar-refractivity contribution in [2.45, 2.75) is 31.8 Å². The van der Waals surface area contributed by atoms with Crippen LogP contribution in [0, 0.1) is 6.92 Å². The summed E-state index contributed by atoms with van der Waals surface area (Å²) in [6.45, 7) is 3.76. The zero-order valence-corrected chi connectivity index (χ0v) is 10.5. The number of nitrogens with one attached hydrogen (secondary N) is 1. The van der Waals surface area contributed by atoms with Crippen LogP contribution < -0.4 is 10.9 Å². The van der Waals surface area contributed by atoms with Crippen molar-refractivity contribution in [3.63, 3.8) is 0 Å². The van der Waals surface area contributed by atoms with Gasteiger partial charge in [0.2, 0.25) is 0 Å². The van der Waals surface area contributed by atoms with Crippen LogP contribution in [-0.4, -0.2) is 15.2 Å². The maximum absolute atomic E-state index is 11.9. The Hall–Kier alpha value is -1.42. The second-order valence-corrected chi connectivity index (χ2v) is 4.86. The fraction of sp³-hybridized carbons (Fsp3) is 0.417. The zero-order valence-electron chi connectivity index (χ0n) is 9.77. The van der Waals surface area contributed by atoms with Crippen molar-refractivity contribution >= 4 is 11.6 Å². The highest BCUT2D eigenvalue weighted by molar-refractivity contribution is 6.20. The molecule has 2 atom stereocenters. The number of allylic oxidation sites excluding steroid dienone is 1. The van der Waals surface area contributed by atoms with E-state index in [1.54, 1.807) is 17.6 Å². The highest BCUT2D eigenvalue weighted by atomic mass is 35.5. The van der Waals surface area contributed by atoms with E-state index < -0.39 is 0 Å². The van der Waals surface area contributed by atoms with Crippen LogP contribution in [0.25, 0.3) is 0 Å². The van der Waals surface area contributed by atoms with Crippen molar-refractivity contribution in [1.82, 2.24) is 9.88 Å². The van der Waals surface area contributed by atoms with Crippen molar-refractivity contribution in [3.8, 4) is 5.75 Å². The van der Waals surface area contributed by atoms with E-state index in [4.69, 9.17) is 11.6 Å². The molecule has 4 nitrogen and oxygen atoms in total. The maximum Gasteiger partial charge on any atom is 0.254 e. The molecule has 0 unspecified atom stereocenters. The van der Waals surface area contributed by atoms with Gasteiger partial charge in [-0.05, 0) is 31.7 Å². The molecule has 5 heteroatoms. The molecule has 2 heterocycles. The quantitative estimate of drug-likeness (QED) is 0.594. The number of hydrogen-bond donors (Lipinski definition) is 2. The third-order valence-corrected chi connectivity index (χ3v) is 3.31. The second kappa shape index (κ2) is 4.45. The number of alkyl halides is 1. The number of aromatic nitrogens is 1. The largest absolute Gasteiger partial charge is 0.508 e. The molecule has 1 aromatic rings. The number of nitrogens with zero attached hydrogens (tertiary/aromatic N) is 1. The van der Waals surface area contributed by atoms with E-state index in [9.17, 15) is 9.90 Å². The Morgan fingerprint density at radius 2 is 2.18 bits per heavy atom. The normalized spacial score (nSPS) is 24.1. The van der Waals surface area contributed by atoms with E-state index in [1.807, 2.05) is 13.1 Å². The van der Waals surface area contributed by atoms with E-state index in [0.29, 0.717) is 6.42 Å². The standard InChI is InChI=1S/C12H15ClN2O2/c1-7-6-14-11(13)5-10(7)15-8(2)3-9(16)4-12(15)17/h3-4,6,10-11,14,16H,5H2,1-2H3/t10-,11-/m1/s1. The Balaban J connectivity index is 2.50. The van der Waals surface area contributed by atoms with E-state index in [-0.39, 0.29) is 22.9 Å². The molecule has 0 saturated carbocycles. The maximum atomic E-state index is 11.9. The summed E-state index contributed by atoms with van der Waals surface area (Å²) >= 11 is 6.04. The average molecular weight is 255 g/mol. The Bertz CT molecular complexity index is 522. The SMILES string of the molecule is CC1=CN[C@@H](Cl)C[C@H]1n1c(C)cc(O)cc1=O. The molecule has 2 N–H and O–H groups in total. The summed E-state index contributed by atoms with van der Waals surface area (Å²) in [6, 6.07) is 2.76. The van der Waals surface area contributed by atoms with E-state index in [0.717, 1.165) is 11.3 Å². The number of aromatic hydroxyl groups is 1. The second-order valence-electron chi connectivity index (χ2n) is 4.34. The third-order valence-electron chi connectivity index (χ3n) is 3.00. The molecular formula is C12H15ClN2O2. The van der Waals surface area contributed by atoms with Crippen molar-refractivity contribution in [2.75, 3.05) is 0 Å². The Kier molecular flexibility index (Phi) is 3.15. The summed E-state index contributed by atoms with van der Waals surface area (Å²) < 4.78 is 1.67. The van der Waals surface area contributed by atoms with E-state index in [2.05, 4.69) is 5.32 Å². The summed E-state index contributed by atoms with van der Waals surface area (Å²) in [4.78, 5) is 11.9. The first-order valence-corrected chi connectivity index (χ1v) is 5.91. The summed E-state index contributed by atoms with van der Waals surface area (Å²) in [5, 5.41) is 12.4. The van der Waals surface area contributed by atoms with Crippen LogP contribution >= 0.6 is 11.6 Å². The molecule has 1 aliphatic heterocycles. The molecule has 0 fully saturated rings. The van der Waals surface area contributed by atoms with Crippen molar-refractivity contribution in [2.24, 2.45) is 0 Å². The fourth-order valence-corrected chi connectivity index (χ4v) is 2.40. The molecule has 17 heavy (non-hydrogen) atoms. The summed E-state index contributed by atoms with van der Waals surface area (Å²) in [5.41, 5.74) is 1.41. The van der Waals surface area contributed by atoms with Crippen molar-refractivity contribution < 1.29 is 5.11 Å². The van der Waals surface area contributed by atoms with Crippen LogP contribution in [0.1, 0.15) is 25.1 Å². The summed E-state index contributed by atoms with van der Waals surface area (Å²) in [6.07, 6.45) is 2.49. The molecule has 2 rings (SSSR count). The smallest absolute Gasteiger partial charge is 0.254 e. The minimum atomic E-state index is -0.203. The molecule has 0 bridgehead atoms. The van der Waals surface area contributed by atoms with Gasteiger partial charge in [0.15, 0.2) is 0 Å². The van der Waals surface area contributed by atoms with Crippen LogP contribution in [0.4, 0.5) is 0 Å². The molecule has 0 amide bonds. The first kappa shape index (κ1) is 12.0. The van der Waals surface area contributed by atoms with Gasteiger partial charge in [-0.3, -0.25) is 4.79 Å².